The first-order valence-corrected chi connectivity index (χ1v) is 13.2. The van der Waals surface area contributed by atoms with E-state index in [1.165, 1.54) is 18.3 Å². The van der Waals surface area contributed by atoms with E-state index in [2.05, 4.69) is 15.6 Å². The number of benzene rings is 2. The Labute approximate surface area is 223 Å². The summed E-state index contributed by atoms with van der Waals surface area (Å²) in [6, 6.07) is 8.61. The molecule has 3 aromatic rings. The molecule has 0 radical (unpaired) electrons. The smallest absolute Gasteiger partial charge is 0.351 e. The van der Waals surface area contributed by atoms with Crippen molar-refractivity contribution in [2.75, 3.05) is 5.32 Å². The number of alkyl halides is 3. The molecule has 2 aliphatic rings. The van der Waals surface area contributed by atoms with Gasteiger partial charge in [0.1, 0.15) is 11.6 Å². The Morgan fingerprint density at radius 1 is 0.949 bits per heavy atom. The molecule has 0 unspecified atom stereocenters. The van der Waals surface area contributed by atoms with Gasteiger partial charge in [0.25, 0.3) is 5.91 Å². The Morgan fingerprint density at radius 2 is 1.64 bits per heavy atom. The van der Waals surface area contributed by atoms with Gasteiger partial charge in [-0.3, -0.25) is 4.79 Å². The molecule has 0 aliphatic heterocycles. The van der Waals surface area contributed by atoms with E-state index in [1.807, 2.05) is 0 Å². The summed E-state index contributed by atoms with van der Waals surface area (Å²) in [5.41, 5.74) is -0.287. The summed E-state index contributed by atoms with van der Waals surface area (Å²) >= 11 is 0. The maximum absolute atomic E-state index is 13.9. The molecule has 2 aliphatic carbocycles. The van der Waals surface area contributed by atoms with Crippen LogP contribution in [0.5, 0.6) is 0 Å². The molecule has 1 aromatic heterocycles. The summed E-state index contributed by atoms with van der Waals surface area (Å²) in [5, 5.41) is 5.99. The second kappa shape index (κ2) is 10.9. The summed E-state index contributed by atoms with van der Waals surface area (Å²) < 4.78 is 67.1. The third kappa shape index (κ3) is 5.89. The molecule has 2 saturated carbocycles. The fraction of sp³-hybridized carbons (Fsp3) is 0.414. The second-order valence-electron chi connectivity index (χ2n) is 10.4. The first-order valence-electron chi connectivity index (χ1n) is 13.2. The van der Waals surface area contributed by atoms with Gasteiger partial charge in [0.05, 0.1) is 16.8 Å². The van der Waals surface area contributed by atoms with Gasteiger partial charge in [-0.25, -0.2) is 18.7 Å². The van der Waals surface area contributed by atoms with Gasteiger partial charge in [-0.05, 0) is 67.1 Å². The number of amides is 1. The molecule has 0 spiro atoms. The highest BCUT2D eigenvalue weighted by Crippen LogP contribution is 2.47. The van der Waals surface area contributed by atoms with Crippen molar-refractivity contribution in [1.29, 1.82) is 0 Å². The molecule has 0 atom stereocenters. The van der Waals surface area contributed by atoms with Gasteiger partial charge < -0.3 is 10.6 Å². The molecule has 10 heteroatoms. The predicted octanol–water partition coefficient (Wildman–Crippen LogP) is 6.92. The monoisotopic (exact) mass is 544 g/mol. The van der Waals surface area contributed by atoms with Gasteiger partial charge in [0, 0.05) is 24.2 Å². The quantitative estimate of drug-likeness (QED) is 0.317. The van der Waals surface area contributed by atoms with Crippen LogP contribution in [0.2, 0.25) is 0 Å². The minimum absolute atomic E-state index is 0.0215. The van der Waals surface area contributed by atoms with Crippen molar-refractivity contribution < 1.29 is 26.7 Å². The number of rotatable bonds is 7. The van der Waals surface area contributed by atoms with Gasteiger partial charge in [-0.2, -0.15) is 13.2 Å². The maximum atomic E-state index is 13.9. The lowest BCUT2D eigenvalue weighted by Crippen LogP contribution is -2.33. The van der Waals surface area contributed by atoms with Crippen molar-refractivity contribution in [1.82, 2.24) is 15.3 Å². The highest BCUT2D eigenvalue weighted by Gasteiger charge is 2.42. The third-order valence-electron chi connectivity index (χ3n) is 7.77. The Balaban J connectivity index is 1.49. The second-order valence-corrected chi connectivity index (χ2v) is 10.4. The zero-order valence-corrected chi connectivity index (χ0v) is 21.3. The number of hydrogen-bond acceptors (Lipinski definition) is 4. The largest absolute Gasteiger partial charge is 0.416 e. The number of nitrogens with one attached hydrogen (secondary N) is 2. The molecular formula is C29H29F5N4O. The number of carbonyl (C=O) groups excluding carboxylic acids is 1. The van der Waals surface area contributed by atoms with Gasteiger partial charge in [-0.1, -0.05) is 37.8 Å². The molecule has 2 aromatic carbocycles. The average Bonchev–Trinajstić information content (AvgIpc) is 3.60. The first kappa shape index (κ1) is 27.0. The molecule has 2 fully saturated rings. The van der Waals surface area contributed by atoms with Gasteiger partial charge in [-0.15, -0.1) is 0 Å². The molecule has 2 N–H and O–H groups in total. The Morgan fingerprint density at radius 3 is 2.31 bits per heavy atom. The SMILES string of the molecule is O=C(NCc1cc(F)cc(C(F)(F)F)c1)c1cnc(NC2CCCC2)nc1C1(c2ccc(F)cc2)CCCC1. The van der Waals surface area contributed by atoms with E-state index in [0.717, 1.165) is 56.2 Å². The number of carbonyl (C=O) groups is 1. The van der Waals surface area contributed by atoms with Crippen LogP contribution in [0.3, 0.4) is 0 Å². The lowest BCUT2D eigenvalue weighted by Gasteiger charge is -2.31. The molecule has 1 amide bonds. The van der Waals surface area contributed by atoms with E-state index in [0.29, 0.717) is 30.6 Å². The Kier molecular flexibility index (Phi) is 7.55. The van der Waals surface area contributed by atoms with Crippen LogP contribution in [0.1, 0.15) is 84.1 Å². The molecule has 39 heavy (non-hydrogen) atoms. The Bertz CT molecular complexity index is 1330. The van der Waals surface area contributed by atoms with Crippen LogP contribution in [-0.4, -0.2) is 21.9 Å². The first-order chi connectivity index (χ1) is 18.6. The van der Waals surface area contributed by atoms with Crippen LogP contribution >= 0.6 is 0 Å². The van der Waals surface area contributed by atoms with Crippen LogP contribution in [0.15, 0.2) is 48.7 Å². The lowest BCUT2D eigenvalue weighted by molar-refractivity contribution is -0.137. The van der Waals surface area contributed by atoms with Gasteiger partial charge in [0.2, 0.25) is 5.95 Å². The van der Waals surface area contributed by atoms with E-state index >= 15 is 0 Å². The maximum Gasteiger partial charge on any atom is 0.416 e. The summed E-state index contributed by atoms with van der Waals surface area (Å²) in [6.07, 6.45) is 4.10. The molecule has 1 heterocycles. The minimum atomic E-state index is -4.71. The van der Waals surface area contributed by atoms with E-state index < -0.39 is 28.9 Å². The molecule has 5 rings (SSSR count). The summed E-state index contributed by atoms with van der Waals surface area (Å²) in [6.45, 7) is -0.315. The molecular weight excluding hydrogens is 515 g/mol. The standard InChI is InChI=1S/C29H29F5N4O/c30-21-9-7-19(8-10-21)28(11-3-4-12-28)25-24(17-36-27(38-25)37-23-5-1-2-6-23)26(39)35-16-18-13-20(29(32,33)34)15-22(31)14-18/h7-10,13-15,17,23H,1-6,11-12,16H2,(H,35,39)(H,36,37,38). The zero-order valence-electron chi connectivity index (χ0n) is 21.3. The van der Waals surface area contributed by atoms with Crippen molar-refractivity contribution in [3.63, 3.8) is 0 Å². The fourth-order valence-electron chi connectivity index (χ4n) is 5.84. The summed E-state index contributed by atoms with van der Waals surface area (Å²) in [7, 11) is 0. The van der Waals surface area contributed by atoms with E-state index in [9.17, 15) is 26.7 Å². The topological polar surface area (TPSA) is 66.9 Å². The summed E-state index contributed by atoms with van der Waals surface area (Å²) in [4.78, 5) is 22.7. The van der Waals surface area contributed by atoms with E-state index in [1.54, 1.807) is 12.1 Å². The molecule has 0 saturated heterocycles. The number of aromatic nitrogens is 2. The van der Waals surface area contributed by atoms with E-state index in [4.69, 9.17) is 4.98 Å². The van der Waals surface area contributed by atoms with Crippen LogP contribution in [0.25, 0.3) is 0 Å². The van der Waals surface area contributed by atoms with Gasteiger partial charge >= 0.3 is 6.18 Å². The molecule has 206 valence electrons. The van der Waals surface area contributed by atoms with Gasteiger partial charge in [0.15, 0.2) is 0 Å². The van der Waals surface area contributed by atoms with Crippen LogP contribution < -0.4 is 10.6 Å². The highest BCUT2D eigenvalue weighted by molar-refractivity contribution is 5.95. The van der Waals surface area contributed by atoms with Crippen molar-refractivity contribution in [3.05, 3.63) is 88.2 Å². The lowest BCUT2D eigenvalue weighted by atomic mass is 9.74. The van der Waals surface area contributed by atoms with Crippen LogP contribution in [0.4, 0.5) is 27.9 Å². The van der Waals surface area contributed by atoms with Crippen LogP contribution in [0, 0.1) is 11.6 Å². The fourth-order valence-corrected chi connectivity index (χ4v) is 5.84. The number of halogens is 5. The number of nitrogens with zero attached hydrogens (tertiary/aromatic N) is 2. The molecule has 5 nitrogen and oxygen atoms in total. The predicted molar refractivity (Wildman–Crippen MR) is 136 cm³/mol. The number of hydrogen-bond donors (Lipinski definition) is 2. The van der Waals surface area contributed by atoms with Crippen molar-refractivity contribution in [3.8, 4) is 0 Å². The number of anilines is 1. The van der Waals surface area contributed by atoms with E-state index in [-0.39, 0.29) is 29.5 Å². The zero-order chi connectivity index (χ0) is 27.6. The molecule has 0 bridgehead atoms. The average molecular weight is 545 g/mol. The normalized spacial score (nSPS) is 17.4. The highest BCUT2D eigenvalue weighted by atomic mass is 19.4. The minimum Gasteiger partial charge on any atom is -0.351 e. The summed E-state index contributed by atoms with van der Waals surface area (Å²) in [5.74, 6) is -1.59. The van der Waals surface area contributed by atoms with Crippen LogP contribution in [-0.2, 0) is 18.1 Å². The van der Waals surface area contributed by atoms with Crippen molar-refractivity contribution >= 4 is 11.9 Å². The van der Waals surface area contributed by atoms with Crippen molar-refractivity contribution in [2.45, 2.75) is 75.5 Å². The third-order valence-corrected chi connectivity index (χ3v) is 7.77. The Hall–Kier alpha value is -3.56. The van der Waals surface area contributed by atoms with Crippen molar-refractivity contribution in [2.24, 2.45) is 0 Å².